The summed E-state index contributed by atoms with van der Waals surface area (Å²) in [4.78, 5) is 21.4. The summed E-state index contributed by atoms with van der Waals surface area (Å²) in [7, 11) is 0. The number of carbonyl (C=O) groups is 1. The molecule has 0 fully saturated rings. The molecule has 0 aliphatic rings. The lowest BCUT2D eigenvalue weighted by atomic mass is 10.1. The average molecular weight is 506 g/mol. The van der Waals surface area contributed by atoms with Gasteiger partial charge < -0.3 is 0 Å². The first-order chi connectivity index (χ1) is 16.0. The third-order valence-corrected chi connectivity index (χ3v) is 5.81. The molecule has 0 radical (unpaired) electrons. The van der Waals surface area contributed by atoms with Crippen molar-refractivity contribution in [1.82, 2.24) is 39.1 Å². The Morgan fingerprint density at radius 3 is 2.73 bits per heavy atom. The number of rotatable bonds is 6. The predicted octanol–water partition coefficient (Wildman–Crippen LogP) is 3.58. The van der Waals surface area contributed by atoms with Crippen LogP contribution in [-0.2, 0) is 13.1 Å². The molecule has 0 unspecified atom stereocenters. The summed E-state index contributed by atoms with van der Waals surface area (Å²) >= 11 is 3.55. The van der Waals surface area contributed by atoms with E-state index in [1.165, 1.54) is 5.56 Å². The number of carbonyl (C=O) groups excluding carboxylic acids is 1. The van der Waals surface area contributed by atoms with Crippen molar-refractivity contribution < 1.29 is 4.79 Å². The third-order valence-electron chi connectivity index (χ3n) is 5.23. The molecule has 166 valence electrons. The molecule has 0 aliphatic carbocycles. The number of aryl methyl sites for hydroxylation is 2. The summed E-state index contributed by atoms with van der Waals surface area (Å²) in [5, 5.41) is 16.1. The monoisotopic (exact) mass is 505 g/mol. The molecule has 1 N–H and O–H groups in total. The smallest absolute Gasteiger partial charge is 0.278 e. The van der Waals surface area contributed by atoms with Crippen LogP contribution in [0.3, 0.4) is 0 Å². The normalized spacial score (nSPS) is 11.2. The molecule has 11 heteroatoms. The molecule has 4 heterocycles. The maximum atomic E-state index is 12.8. The molecule has 5 aromatic rings. The van der Waals surface area contributed by atoms with Crippen molar-refractivity contribution in [3.63, 3.8) is 0 Å². The predicted molar refractivity (Wildman–Crippen MR) is 126 cm³/mol. The van der Waals surface area contributed by atoms with Gasteiger partial charge in [0.15, 0.2) is 11.3 Å². The van der Waals surface area contributed by atoms with Gasteiger partial charge in [-0.25, -0.2) is 19.2 Å². The fraction of sp³-hybridized carbons (Fsp3) is 0.182. The Hall–Kier alpha value is -3.86. The van der Waals surface area contributed by atoms with Gasteiger partial charge in [-0.1, -0.05) is 24.3 Å². The highest BCUT2D eigenvalue weighted by atomic mass is 79.9. The largest absolute Gasteiger partial charge is 0.288 e. The van der Waals surface area contributed by atoms with Gasteiger partial charge in [0.1, 0.15) is 12.0 Å². The Bertz CT molecular complexity index is 1470. The molecule has 0 spiro atoms. The maximum Gasteiger partial charge on any atom is 0.278 e. The highest BCUT2D eigenvalue weighted by Crippen LogP contribution is 2.27. The van der Waals surface area contributed by atoms with E-state index in [1.807, 2.05) is 55.1 Å². The minimum atomic E-state index is -0.418. The molecule has 5 rings (SSSR count). The van der Waals surface area contributed by atoms with Gasteiger partial charge in [-0.2, -0.15) is 10.2 Å². The highest BCUT2D eigenvalue weighted by Gasteiger charge is 2.18. The molecule has 0 saturated heterocycles. The van der Waals surface area contributed by atoms with Gasteiger partial charge in [0.2, 0.25) is 5.95 Å². The Morgan fingerprint density at radius 1 is 1.09 bits per heavy atom. The first-order valence-electron chi connectivity index (χ1n) is 10.3. The van der Waals surface area contributed by atoms with E-state index in [0.717, 1.165) is 28.0 Å². The van der Waals surface area contributed by atoms with Crippen molar-refractivity contribution in [2.75, 3.05) is 5.32 Å². The number of amides is 1. The summed E-state index contributed by atoms with van der Waals surface area (Å²) in [5.74, 6) is -0.207. The average Bonchev–Trinajstić information content (AvgIpc) is 3.53. The maximum absolute atomic E-state index is 12.8. The summed E-state index contributed by atoms with van der Waals surface area (Å²) in [6.45, 7) is 5.36. The van der Waals surface area contributed by atoms with Crippen LogP contribution in [0.4, 0.5) is 5.95 Å². The Kier molecular flexibility index (Phi) is 5.47. The van der Waals surface area contributed by atoms with E-state index >= 15 is 0 Å². The second kappa shape index (κ2) is 8.58. The number of nitrogens with one attached hydrogen (secondary N) is 1. The third kappa shape index (κ3) is 4.14. The van der Waals surface area contributed by atoms with Gasteiger partial charge >= 0.3 is 0 Å². The number of aromatic nitrogens is 8. The minimum absolute atomic E-state index is 0.205. The number of anilines is 1. The van der Waals surface area contributed by atoms with Gasteiger partial charge in [0.25, 0.3) is 5.91 Å². The topological polar surface area (TPSA) is 108 Å². The zero-order valence-electron chi connectivity index (χ0n) is 18.0. The molecular weight excluding hydrogens is 486 g/mol. The number of hydrogen-bond donors (Lipinski definition) is 1. The number of nitrogens with zero attached hydrogens (tertiary/aromatic N) is 8. The molecule has 33 heavy (non-hydrogen) atoms. The van der Waals surface area contributed by atoms with Gasteiger partial charge in [-0.05, 0) is 47.0 Å². The molecule has 10 nitrogen and oxygen atoms in total. The molecular formula is C22H20BrN9O. The van der Waals surface area contributed by atoms with Gasteiger partial charge in [-0.3, -0.25) is 14.8 Å². The van der Waals surface area contributed by atoms with Crippen molar-refractivity contribution in [3.05, 3.63) is 76.4 Å². The van der Waals surface area contributed by atoms with Crippen molar-refractivity contribution in [1.29, 1.82) is 0 Å². The summed E-state index contributed by atoms with van der Waals surface area (Å²) < 4.78 is 5.94. The second-order valence-corrected chi connectivity index (χ2v) is 8.31. The first kappa shape index (κ1) is 21.0. The first-order valence-corrected chi connectivity index (χ1v) is 11.1. The fourth-order valence-corrected chi connectivity index (χ4v) is 3.99. The van der Waals surface area contributed by atoms with Crippen LogP contribution in [0.2, 0.25) is 0 Å². The zero-order chi connectivity index (χ0) is 22.9. The van der Waals surface area contributed by atoms with Gasteiger partial charge in [0.05, 0.1) is 16.7 Å². The number of hydrogen-bond acceptors (Lipinski definition) is 6. The molecule has 0 atom stereocenters. The van der Waals surface area contributed by atoms with Crippen molar-refractivity contribution in [2.24, 2.45) is 0 Å². The lowest BCUT2D eigenvalue weighted by Gasteiger charge is -2.04. The summed E-state index contributed by atoms with van der Waals surface area (Å²) in [6.07, 6.45) is 5.16. The molecule has 1 amide bonds. The van der Waals surface area contributed by atoms with Crippen LogP contribution in [0.15, 0.2) is 59.6 Å². The Morgan fingerprint density at radius 2 is 1.94 bits per heavy atom. The van der Waals surface area contributed by atoms with Crippen molar-refractivity contribution in [3.8, 4) is 11.4 Å². The molecule has 4 aromatic heterocycles. The minimum Gasteiger partial charge on any atom is -0.288 e. The van der Waals surface area contributed by atoms with E-state index in [4.69, 9.17) is 0 Å². The summed E-state index contributed by atoms with van der Waals surface area (Å²) in [5.41, 5.74) is 4.48. The standard InChI is InChI=1S/C22H20BrN9O/c1-3-30-12-16(23)20(28-30)18-8-9-24-19-10-17(27-32(18)19)21(33)26-22-25-13-31(29-22)11-15-7-5-4-6-14(15)2/h4-10,12-13H,3,11H2,1-2H3,(H,26,29,33). The van der Waals surface area contributed by atoms with E-state index in [9.17, 15) is 4.79 Å². The van der Waals surface area contributed by atoms with E-state index in [-0.39, 0.29) is 11.6 Å². The van der Waals surface area contributed by atoms with Crippen molar-refractivity contribution in [2.45, 2.75) is 26.9 Å². The SMILES string of the molecule is CCn1cc(Br)c(-c2ccnc3cc(C(=O)Nc4ncn(Cc5ccccc5C)n4)nn23)n1. The second-order valence-electron chi connectivity index (χ2n) is 7.46. The lowest BCUT2D eigenvalue weighted by molar-refractivity contribution is 0.102. The number of benzene rings is 1. The van der Waals surface area contributed by atoms with Crippen LogP contribution in [0.25, 0.3) is 17.0 Å². The van der Waals surface area contributed by atoms with Crippen LogP contribution in [0.1, 0.15) is 28.5 Å². The fourth-order valence-electron chi connectivity index (χ4n) is 3.47. The van der Waals surface area contributed by atoms with Crippen LogP contribution in [0, 0.1) is 6.92 Å². The van der Waals surface area contributed by atoms with Crippen LogP contribution < -0.4 is 5.32 Å². The summed E-state index contributed by atoms with van der Waals surface area (Å²) in [6, 6.07) is 11.5. The van der Waals surface area contributed by atoms with Crippen LogP contribution in [-0.4, -0.2) is 45.1 Å². The quantitative estimate of drug-likeness (QED) is 0.377. The van der Waals surface area contributed by atoms with Gasteiger partial charge in [0, 0.05) is 25.0 Å². The highest BCUT2D eigenvalue weighted by molar-refractivity contribution is 9.10. The molecule has 0 aliphatic heterocycles. The van der Waals surface area contributed by atoms with E-state index < -0.39 is 5.91 Å². The Balaban J connectivity index is 1.38. The molecule has 0 bridgehead atoms. The van der Waals surface area contributed by atoms with Gasteiger partial charge in [-0.15, -0.1) is 5.10 Å². The molecule has 0 saturated carbocycles. The van der Waals surface area contributed by atoms with Crippen LogP contribution >= 0.6 is 15.9 Å². The number of halogens is 1. The number of fused-ring (bicyclic) bond motifs is 1. The van der Waals surface area contributed by atoms with Crippen LogP contribution in [0.5, 0.6) is 0 Å². The van der Waals surface area contributed by atoms with E-state index in [0.29, 0.717) is 12.2 Å². The lowest BCUT2D eigenvalue weighted by Crippen LogP contribution is -2.14. The zero-order valence-corrected chi connectivity index (χ0v) is 19.6. The van der Waals surface area contributed by atoms with E-state index in [1.54, 1.807) is 27.8 Å². The molecule has 1 aromatic carbocycles. The van der Waals surface area contributed by atoms with Crippen molar-refractivity contribution >= 4 is 33.4 Å². The Labute approximate surface area is 197 Å². The van der Waals surface area contributed by atoms with E-state index in [2.05, 4.69) is 46.5 Å².